The van der Waals surface area contributed by atoms with Crippen molar-refractivity contribution in [2.24, 2.45) is 5.41 Å². The molecular formula is C26H23FN4O3. The average molecular weight is 458 g/mol. The van der Waals surface area contributed by atoms with E-state index >= 15 is 0 Å². The molecule has 1 unspecified atom stereocenters. The van der Waals surface area contributed by atoms with Gasteiger partial charge in [-0.25, -0.2) is 9.18 Å². The number of fused-ring (bicyclic) bond motifs is 1. The maximum absolute atomic E-state index is 13.5. The van der Waals surface area contributed by atoms with E-state index in [1.54, 1.807) is 30.5 Å². The third-order valence-electron chi connectivity index (χ3n) is 6.23. The first kappa shape index (κ1) is 21.8. The Balaban J connectivity index is 1.52. The molecular weight excluding hydrogens is 435 g/mol. The number of carboxylic acid groups (broad SMARTS) is 1. The summed E-state index contributed by atoms with van der Waals surface area (Å²) in [5, 5.41) is 19.6. The molecule has 0 saturated carbocycles. The van der Waals surface area contributed by atoms with Crippen LogP contribution in [0.25, 0.3) is 17.2 Å². The minimum absolute atomic E-state index is 0.00833. The Labute approximate surface area is 195 Å². The van der Waals surface area contributed by atoms with Crippen LogP contribution < -0.4 is 5.32 Å². The van der Waals surface area contributed by atoms with Crippen LogP contribution in [0.1, 0.15) is 54.4 Å². The Morgan fingerprint density at radius 1 is 1.21 bits per heavy atom. The molecule has 3 N–H and O–H groups in total. The van der Waals surface area contributed by atoms with Crippen LogP contribution in [-0.2, 0) is 4.79 Å². The SMILES string of the molecule is CC1(C)CC(=O)C2=C(C1)Nc1[nH]nc(C(=O)O)c1C2C=Cc1ccc(-c2cccc(F)c2)cn1. The number of aromatic nitrogens is 3. The van der Waals surface area contributed by atoms with E-state index in [0.29, 0.717) is 35.5 Å². The number of carbonyl (C=O) groups is 2. The highest BCUT2D eigenvalue weighted by atomic mass is 19.1. The van der Waals surface area contributed by atoms with Crippen molar-refractivity contribution in [1.82, 2.24) is 15.2 Å². The summed E-state index contributed by atoms with van der Waals surface area (Å²) in [6.07, 6.45) is 6.28. The number of carboxylic acids is 1. The van der Waals surface area contributed by atoms with Gasteiger partial charge >= 0.3 is 5.97 Å². The largest absolute Gasteiger partial charge is 0.476 e. The summed E-state index contributed by atoms with van der Waals surface area (Å²) in [5.74, 6) is -1.56. The molecule has 172 valence electrons. The predicted molar refractivity (Wildman–Crippen MR) is 126 cm³/mol. The van der Waals surface area contributed by atoms with Crippen LogP contribution in [-0.4, -0.2) is 32.0 Å². The molecule has 0 spiro atoms. The molecule has 1 atom stereocenters. The lowest BCUT2D eigenvalue weighted by Gasteiger charge is -2.37. The van der Waals surface area contributed by atoms with Crippen molar-refractivity contribution in [2.75, 3.05) is 5.32 Å². The Bertz CT molecular complexity index is 1370. The molecule has 0 fully saturated rings. The molecule has 1 aliphatic carbocycles. The summed E-state index contributed by atoms with van der Waals surface area (Å²) in [4.78, 5) is 29.4. The van der Waals surface area contributed by atoms with Crippen LogP contribution in [0, 0.1) is 11.2 Å². The summed E-state index contributed by atoms with van der Waals surface area (Å²) in [5.41, 5.74) is 3.62. The topological polar surface area (TPSA) is 108 Å². The number of aromatic amines is 1. The van der Waals surface area contributed by atoms with Crippen LogP contribution in [0.4, 0.5) is 10.2 Å². The van der Waals surface area contributed by atoms with Gasteiger partial charge in [0, 0.05) is 40.9 Å². The van der Waals surface area contributed by atoms with E-state index < -0.39 is 11.9 Å². The molecule has 34 heavy (non-hydrogen) atoms. The zero-order valence-corrected chi connectivity index (χ0v) is 18.7. The maximum atomic E-state index is 13.5. The summed E-state index contributed by atoms with van der Waals surface area (Å²) < 4.78 is 13.5. The standard InChI is InChI=1S/C26H23FN4O3/c1-26(2)11-19-21(20(32)12-26)18(22-23(25(33)34)30-31-24(22)29-19)9-8-17-7-6-15(13-28-17)14-4-3-5-16(27)10-14/h3-10,13,18H,11-12H2,1-2H3,(H,33,34)(H2,29,30,31). The number of hydrogen-bond acceptors (Lipinski definition) is 5. The van der Waals surface area contributed by atoms with Crippen molar-refractivity contribution < 1.29 is 19.1 Å². The second-order valence-electron chi connectivity index (χ2n) is 9.44. The van der Waals surface area contributed by atoms with Gasteiger partial charge in [0.1, 0.15) is 11.6 Å². The number of benzene rings is 1. The lowest BCUT2D eigenvalue weighted by atomic mass is 9.70. The van der Waals surface area contributed by atoms with E-state index in [1.807, 2.05) is 26.0 Å². The molecule has 0 amide bonds. The molecule has 1 aromatic carbocycles. The summed E-state index contributed by atoms with van der Waals surface area (Å²) in [6, 6.07) is 9.93. The van der Waals surface area contributed by atoms with E-state index in [1.165, 1.54) is 12.1 Å². The van der Waals surface area contributed by atoms with Crippen molar-refractivity contribution in [3.63, 3.8) is 0 Å². The molecule has 8 heteroatoms. The van der Waals surface area contributed by atoms with E-state index in [4.69, 9.17) is 0 Å². The predicted octanol–water partition coefficient (Wildman–Crippen LogP) is 5.17. The number of allylic oxidation sites excluding steroid dienone is 3. The van der Waals surface area contributed by atoms with Crippen molar-refractivity contribution in [3.8, 4) is 11.1 Å². The number of nitrogens with zero attached hydrogens (tertiary/aromatic N) is 2. The number of rotatable bonds is 4. The number of nitrogens with one attached hydrogen (secondary N) is 2. The van der Waals surface area contributed by atoms with Crippen LogP contribution in [0.15, 0.2) is 59.9 Å². The number of Topliss-reactive ketones (excluding diaryl/α,β-unsaturated/α-hetero) is 1. The first-order chi connectivity index (χ1) is 16.2. The molecule has 7 nitrogen and oxygen atoms in total. The Hall–Kier alpha value is -4.07. The Kier molecular flexibility index (Phi) is 5.16. The highest BCUT2D eigenvalue weighted by Crippen LogP contribution is 2.47. The van der Waals surface area contributed by atoms with E-state index in [0.717, 1.165) is 16.8 Å². The van der Waals surface area contributed by atoms with Gasteiger partial charge in [0.2, 0.25) is 0 Å². The van der Waals surface area contributed by atoms with Crippen molar-refractivity contribution >= 4 is 23.6 Å². The molecule has 3 aromatic rings. The number of ketones is 1. The Morgan fingerprint density at radius 3 is 2.74 bits per heavy atom. The normalized spacial score (nSPS) is 19.0. The number of halogens is 1. The minimum atomic E-state index is -1.16. The van der Waals surface area contributed by atoms with Gasteiger partial charge in [0.15, 0.2) is 11.5 Å². The number of aromatic carboxylic acids is 1. The van der Waals surface area contributed by atoms with Gasteiger partial charge in [0.25, 0.3) is 0 Å². The number of H-pyrrole nitrogens is 1. The molecule has 0 saturated heterocycles. The molecule has 3 heterocycles. The first-order valence-electron chi connectivity index (χ1n) is 11.0. The number of hydrogen-bond donors (Lipinski definition) is 3. The fourth-order valence-corrected chi connectivity index (χ4v) is 4.74. The van der Waals surface area contributed by atoms with Gasteiger partial charge < -0.3 is 10.4 Å². The molecule has 5 rings (SSSR count). The molecule has 2 aromatic heterocycles. The van der Waals surface area contributed by atoms with Gasteiger partial charge in [-0.1, -0.05) is 38.1 Å². The highest BCUT2D eigenvalue weighted by molar-refractivity contribution is 6.02. The Morgan fingerprint density at radius 2 is 2.03 bits per heavy atom. The third-order valence-corrected chi connectivity index (χ3v) is 6.23. The van der Waals surface area contributed by atoms with E-state index in [2.05, 4.69) is 20.5 Å². The second-order valence-corrected chi connectivity index (χ2v) is 9.44. The van der Waals surface area contributed by atoms with Crippen molar-refractivity contribution in [3.05, 3.63) is 82.7 Å². The molecule has 2 aliphatic rings. The monoisotopic (exact) mass is 458 g/mol. The van der Waals surface area contributed by atoms with Crippen LogP contribution in [0.3, 0.4) is 0 Å². The van der Waals surface area contributed by atoms with Gasteiger partial charge in [-0.3, -0.25) is 14.9 Å². The number of carbonyl (C=O) groups excluding carboxylic acids is 1. The van der Waals surface area contributed by atoms with E-state index in [9.17, 15) is 19.1 Å². The smallest absolute Gasteiger partial charge is 0.356 e. The maximum Gasteiger partial charge on any atom is 0.356 e. The van der Waals surface area contributed by atoms with Crippen LogP contribution >= 0.6 is 0 Å². The average Bonchev–Trinajstić information content (AvgIpc) is 3.20. The van der Waals surface area contributed by atoms with Crippen molar-refractivity contribution in [2.45, 2.75) is 32.6 Å². The van der Waals surface area contributed by atoms with Crippen LogP contribution in [0.2, 0.25) is 0 Å². The highest BCUT2D eigenvalue weighted by Gasteiger charge is 2.41. The zero-order chi connectivity index (χ0) is 24.0. The second kappa shape index (κ2) is 8.06. The van der Waals surface area contributed by atoms with Crippen molar-refractivity contribution in [1.29, 1.82) is 0 Å². The minimum Gasteiger partial charge on any atom is -0.476 e. The van der Waals surface area contributed by atoms with Gasteiger partial charge in [-0.15, -0.1) is 0 Å². The summed E-state index contributed by atoms with van der Waals surface area (Å²) in [7, 11) is 0. The van der Waals surface area contributed by atoms with Gasteiger partial charge in [0.05, 0.1) is 5.69 Å². The van der Waals surface area contributed by atoms with E-state index in [-0.39, 0.29) is 22.7 Å². The fraction of sp³-hybridized carbons (Fsp3) is 0.231. The first-order valence-corrected chi connectivity index (χ1v) is 11.0. The quantitative estimate of drug-likeness (QED) is 0.498. The number of anilines is 1. The third kappa shape index (κ3) is 3.91. The summed E-state index contributed by atoms with van der Waals surface area (Å²) in [6.45, 7) is 4.08. The lowest BCUT2D eigenvalue weighted by Crippen LogP contribution is -2.33. The van der Waals surface area contributed by atoms with Crippen LogP contribution in [0.5, 0.6) is 0 Å². The molecule has 0 bridgehead atoms. The van der Waals surface area contributed by atoms with Gasteiger partial charge in [-0.05, 0) is 41.7 Å². The molecule has 0 radical (unpaired) electrons. The molecule has 1 aliphatic heterocycles. The summed E-state index contributed by atoms with van der Waals surface area (Å²) >= 11 is 0. The lowest BCUT2D eigenvalue weighted by molar-refractivity contribution is -0.118. The fourth-order valence-electron chi connectivity index (χ4n) is 4.74. The van der Waals surface area contributed by atoms with Gasteiger partial charge in [-0.2, -0.15) is 5.10 Å². The number of pyridine rings is 1. The zero-order valence-electron chi connectivity index (χ0n) is 18.7.